The second-order valence-electron chi connectivity index (χ2n) is 17.8. The second-order valence-corrected chi connectivity index (χ2v) is 18.8. The molecule has 0 atom stereocenters. The summed E-state index contributed by atoms with van der Waals surface area (Å²) in [5.74, 6) is 0. The highest BCUT2D eigenvalue weighted by Gasteiger charge is 2.35. The predicted molar refractivity (Wildman–Crippen MR) is 274 cm³/mol. The number of aromatic nitrogens is 1. The van der Waals surface area contributed by atoms with Crippen LogP contribution in [0.5, 0.6) is 0 Å². The number of anilines is 3. The quantitative estimate of drug-likeness (QED) is 0.162. The first-order chi connectivity index (χ1) is 31.5. The molecule has 12 aromatic rings. The number of para-hydroxylation sites is 2. The van der Waals surface area contributed by atoms with Gasteiger partial charge in [0.1, 0.15) is 0 Å². The van der Waals surface area contributed by atoms with E-state index in [-0.39, 0.29) is 5.41 Å². The number of fused-ring (bicyclic) bond motifs is 10. The molecule has 0 radical (unpaired) electrons. The highest BCUT2D eigenvalue weighted by molar-refractivity contribution is 7.25. The summed E-state index contributed by atoms with van der Waals surface area (Å²) >= 11 is 1.86. The fourth-order valence-electron chi connectivity index (χ4n) is 10.5. The van der Waals surface area contributed by atoms with Gasteiger partial charge in [0.05, 0.1) is 11.0 Å². The third kappa shape index (κ3) is 5.71. The molecular weight excluding hydrogens is 793 g/mol. The van der Waals surface area contributed by atoms with Crippen molar-refractivity contribution in [2.75, 3.05) is 4.90 Å². The molecule has 1 aliphatic rings. The van der Waals surface area contributed by atoms with Crippen LogP contribution in [0.3, 0.4) is 0 Å². The van der Waals surface area contributed by atoms with Crippen molar-refractivity contribution in [3.05, 3.63) is 230 Å². The summed E-state index contributed by atoms with van der Waals surface area (Å²) in [5, 5.41) is 7.58. The summed E-state index contributed by atoms with van der Waals surface area (Å²) in [5.41, 5.74) is 17.2. The van der Waals surface area contributed by atoms with E-state index in [9.17, 15) is 0 Å². The van der Waals surface area contributed by atoms with Gasteiger partial charge >= 0.3 is 0 Å². The fourth-order valence-corrected chi connectivity index (χ4v) is 11.6. The number of benzene rings is 10. The molecule has 0 bridgehead atoms. The molecule has 1 aliphatic carbocycles. The minimum atomic E-state index is -0.110. The standard InChI is InChI=1S/C61H42N2S/c1-61(2)55-17-9-6-14-49(55)50-31-30-48(38-56(50)61)62(46-27-22-39(23-28-46)43-26-33-60-54(37-43)52-16-8-11-19-59(52)64-60)47-29-24-41-34-40(20-21-42(41)35-47)44-25-32-58-53(36-44)51-15-7-10-18-57(51)63(58)45-12-4-3-5-13-45/h3-38H,1-2H3. The lowest BCUT2D eigenvalue weighted by molar-refractivity contribution is 0.660. The average Bonchev–Trinajstić information content (AvgIpc) is 3.96. The van der Waals surface area contributed by atoms with Crippen molar-refractivity contribution in [3.63, 3.8) is 0 Å². The number of rotatable bonds is 6. The van der Waals surface area contributed by atoms with E-state index in [0.717, 1.165) is 17.1 Å². The zero-order chi connectivity index (χ0) is 42.5. The maximum Gasteiger partial charge on any atom is 0.0541 e. The van der Waals surface area contributed by atoms with E-state index >= 15 is 0 Å². The Kier molecular flexibility index (Phi) is 8.16. The van der Waals surface area contributed by atoms with Gasteiger partial charge in [-0.05, 0) is 146 Å². The van der Waals surface area contributed by atoms with Gasteiger partial charge in [-0.3, -0.25) is 0 Å². The zero-order valence-electron chi connectivity index (χ0n) is 35.6. The number of hydrogen-bond acceptors (Lipinski definition) is 2. The maximum absolute atomic E-state index is 2.43. The van der Waals surface area contributed by atoms with E-state index in [4.69, 9.17) is 0 Å². The minimum Gasteiger partial charge on any atom is -0.310 e. The van der Waals surface area contributed by atoms with E-state index < -0.39 is 0 Å². The van der Waals surface area contributed by atoms with Crippen LogP contribution in [0.4, 0.5) is 17.1 Å². The molecular formula is C61H42N2S. The Bertz CT molecular complexity index is 3810. The molecule has 13 rings (SSSR count). The number of nitrogens with zero attached hydrogens (tertiary/aromatic N) is 2. The molecule has 0 spiro atoms. The molecule has 64 heavy (non-hydrogen) atoms. The number of hydrogen-bond donors (Lipinski definition) is 0. The van der Waals surface area contributed by atoms with Crippen LogP contribution in [0.25, 0.3) is 91.8 Å². The lowest BCUT2D eigenvalue weighted by Gasteiger charge is -2.28. The van der Waals surface area contributed by atoms with Crippen LogP contribution in [0.2, 0.25) is 0 Å². The molecule has 3 heteroatoms. The normalized spacial score (nSPS) is 13.0. The third-order valence-electron chi connectivity index (χ3n) is 13.8. The molecule has 2 heterocycles. The van der Waals surface area contributed by atoms with Gasteiger partial charge in [0.15, 0.2) is 0 Å². The van der Waals surface area contributed by atoms with Crippen LogP contribution in [-0.4, -0.2) is 4.57 Å². The summed E-state index contributed by atoms with van der Waals surface area (Å²) in [6, 6.07) is 81.0. The van der Waals surface area contributed by atoms with Crippen molar-refractivity contribution in [2.45, 2.75) is 19.3 Å². The Morgan fingerprint density at radius 2 is 0.953 bits per heavy atom. The summed E-state index contributed by atoms with van der Waals surface area (Å²) in [7, 11) is 0. The molecule has 0 unspecified atom stereocenters. The predicted octanol–water partition coefficient (Wildman–Crippen LogP) is 17.4. The van der Waals surface area contributed by atoms with Crippen LogP contribution in [0, 0.1) is 0 Å². The van der Waals surface area contributed by atoms with Crippen molar-refractivity contribution < 1.29 is 0 Å². The SMILES string of the molecule is CC1(C)c2ccccc2-c2ccc(N(c3ccc(-c4ccc5sc6ccccc6c5c4)cc3)c3ccc4cc(-c5ccc6c(c5)c5ccccc5n6-c5ccccc5)ccc4c3)cc21. The minimum absolute atomic E-state index is 0.110. The molecule has 302 valence electrons. The Morgan fingerprint density at radius 1 is 0.375 bits per heavy atom. The van der Waals surface area contributed by atoms with E-state index in [0.29, 0.717) is 0 Å². The third-order valence-corrected chi connectivity index (χ3v) is 14.9. The van der Waals surface area contributed by atoms with Crippen molar-refractivity contribution in [2.24, 2.45) is 0 Å². The van der Waals surface area contributed by atoms with E-state index in [1.807, 2.05) is 11.3 Å². The molecule has 2 nitrogen and oxygen atoms in total. The van der Waals surface area contributed by atoms with Crippen molar-refractivity contribution in [1.29, 1.82) is 0 Å². The van der Waals surface area contributed by atoms with Gasteiger partial charge in [-0.1, -0.05) is 141 Å². The monoisotopic (exact) mass is 834 g/mol. The van der Waals surface area contributed by atoms with Gasteiger partial charge in [0, 0.05) is 59.1 Å². The van der Waals surface area contributed by atoms with Gasteiger partial charge in [0.2, 0.25) is 0 Å². The first-order valence-corrected chi connectivity index (χ1v) is 23.0. The second kappa shape index (κ2) is 14.2. The summed E-state index contributed by atoms with van der Waals surface area (Å²) in [6.45, 7) is 4.72. The first-order valence-electron chi connectivity index (χ1n) is 22.2. The van der Waals surface area contributed by atoms with E-state index in [2.05, 4.69) is 242 Å². The smallest absolute Gasteiger partial charge is 0.0541 e. The van der Waals surface area contributed by atoms with Gasteiger partial charge < -0.3 is 9.47 Å². The summed E-state index contributed by atoms with van der Waals surface area (Å²) in [6.07, 6.45) is 0. The largest absolute Gasteiger partial charge is 0.310 e. The fraction of sp³-hybridized carbons (Fsp3) is 0.0492. The highest BCUT2D eigenvalue weighted by Crippen LogP contribution is 2.51. The molecule has 0 saturated carbocycles. The Labute approximate surface area is 376 Å². The van der Waals surface area contributed by atoms with Crippen molar-refractivity contribution in [3.8, 4) is 39.1 Å². The van der Waals surface area contributed by atoms with Crippen LogP contribution < -0.4 is 4.90 Å². The lowest BCUT2D eigenvalue weighted by atomic mass is 9.82. The molecule has 0 aliphatic heterocycles. The molecule has 0 saturated heterocycles. The van der Waals surface area contributed by atoms with Crippen LogP contribution in [0.15, 0.2) is 218 Å². The Hall–Kier alpha value is -7.72. The van der Waals surface area contributed by atoms with Crippen LogP contribution in [-0.2, 0) is 5.41 Å². The Balaban J connectivity index is 0.904. The van der Waals surface area contributed by atoms with Gasteiger partial charge in [-0.15, -0.1) is 11.3 Å². The van der Waals surface area contributed by atoms with Crippen molar-refractivity contribution >= 4 is 81.1 Å². The highest BCUT2D eigenvalue weighted by atomic mass is 32.1. The summed E-state index contributed by atoms with van der Waals surface area (Å²) in [4.78, 5) is 2.43. The topological polar surface area (TPSA) is 8.17 Å². The van der Waals surface area contributed by atoms with Gasteiger partial charge in [-0.25, -0.2) is 0 Å². The first kappa shape index (κ1) is 36.9. The molecule has 0 N–H and O–H groups in total. The maximum atomic E-state index is 2.43. The average molecular weight is 835 g/mol. The van der Waals surface area contributed by atoms with Gasteiger partial charge in [-0.2, -0.15) is 0 Å². The van der Waals surface area contributed by atoms with E-state index in [1.54, 1.807) is 0 Å². The lowest BCUT2D eigenvalue weighted by Crippen LogP contribution is -2.16. The zero-order valence-corrected chi connectivity index (χ0v) is 36.4. The van der Waals surface area contributed by atoms with E-state index in [1.165, 1.54) is 103 Å². The Morgan fingerprint density at radius 3 is 1.84 bits per heavy atom. The van der Waals surface area contributed by atoms with Crippen LogP contribution >= 0.6 is 11.3 Å². The molecule has 2 aromatic heterocycles. The van der Waals surface area contributed by atoms with Crippen LogP contribution in [0.1, 0.15) is 25.0 Å². The molecule has 0 amide bonds. The number of thiophene rings is 1. The van der Waals surface area contributed by atoms with Crippen molar-refractivity contribution in [1.82, 2.24) is 4.57 Å². The molecule has 10 aromatic carbocycles. The van der Waals surface area contributed by atoms with Gasteiger partial charge in [0.25, 0.3) is 0 Å². The molecule has 0 fully saturated rings. The summed E-state index contributed by atoms with van der Waals surface area (Å²) < 4.78 is 5.03.